The second kappa shape index (κ2) is 7.82. The number of hydrogen-bond donors (Lipinski definition) is 1. The third-order valence-corrected chi connectivity index (χ3v) is 3.48. The van der Waals surface area contributed by atoms with Gasteiger partial charge in [0.25, 0.3) is 11.5 Å². The normalized spacial score (nSPS) is 10.6. The first-order valence-electron chi connectivity index (χ1n) is 7.37. The summed E-state index contributed by atoms with van der Waals surface area (Å²) >= 11 is 0. The fourth-order valence-electron chi connectivity index (χ4n) is 2.12. The third-order valence-electron chi connectivity index (χ3n) is 3.48. The van der Waals surface area contributed by atoms with Crippen LogP contribution in [0, 0.1) is 22.6 Å². The molecule has 0 fully saturated rings. The lowest BCUT2D eigenvalue weighted by atomic mass is 10.1. The van der Waals surface area contributed by atoms with Gasteiger partial charge in [-0.1, -0.05) is 0 Å². The zero-order valence-electron chi connectivity index (χ0n) is 13.8. The van der Waals surface area contributed by atoms with Gasteiger partial charge >= 0.3 is 0 Å². The Hall–Kier alpha value is -3.55. The van der Waals surface area contributed by atoms with E-state index in [1.165, 1.54) is 30.3 Å². The van der Waals surface area contributed by atoms with Gasteiger partial charge in [-0.3, -0.25) is 10.2 Å². The van der Waals surface area contributed by atoms with Crippen molar-refractivity contribution in [1.29, 1.82) is 10.7 Å². The van der Waals surface area contributed by atoms with Gasteiger partial charge in [0.15, 0.2) is 12.4 Å². The number of ketones is 1. The maximum atomic E-state index is 13.1. The van der Waals surface area contributed by atoms with E-state index in [-0.39, 0.29) is 16.8 Å². The van der Waals surface area contributed by atoms with E-state index < -0.39 is 11.6 Å². The van der Waals surface area contributed by atoms with Crippen molar-refractivity contribution in [2.24, 2.45) is 0 Å². The number of nitrogens with one attached hydrogen (secondary N) is 1. The summed E-state index contributed by atoms with van der Waals surface area (Å²) in [4.78, 5) is 14.7. The maximum Gasteiger partial charge on any atom is 0.260 e. The summed E-state index contributed by atoms with van der Waals surface area (Å²) in [5.74, 6) is 1.15. The minimum Gasteiger partial charge on any atom is -0.377 e. The van der Waals surface area contributed by atoms with Crippen LogP contribution in [0.3, 0.4) is 0 Å². The van der Waals surface area contributed by atoms with Crippen LogP contribution < -0.4 is 9.47 Å². The van der Waals surface area contributed by atoms with Gasteiger partial charge in [0.05, 0.1) is 0 Å². The first-order valence-corrected chi connectivity index (χ1v) is 7.37. The predicted octanol–water partition coefficient (Wildman–Crippen LogP) is 2.60. The van der Waals surface area contributed by atoms with Crippen LogP contribution >= 0.6 is 0 Å². The summed E-state index contributed by atoms with van der Waals surface area (Å²) in [6.07, 6.45) is 4.65. The molecule has 0 radical (unpaired) electrons. The molecule has 1 aromatic heterocycles. The van der Waals surface area contributed by atoms with Gasteiger partial charge in [0.2, 0.25) is 0 Å². The molecule has 1 aromatic carbocycles. The van der Waals surface area contributed by atoms with Crippen molar-refractivity contribution in [3.63, 3.8) is 0 Å². The van der Waals surface area contributed by atoms with E-state index in [2.05, 4.69) is 0 Å². The van der Waals surface area contributed by atoms with Crippen LogP contribution in [0.5, 0.6) is 0 Å². The Morgan fingerprint density at radius 3 is 2.28 bits per heavy atom. The molecule has 0 amide bonds. The second-order valence-corrected chi connectivity index (χ2v) is 5.37. The molecule has 0 saturated carbocycles. The molecule has 0 aliphatic carbocycles. The van der Waals surface area contributed by atoms with Crippen LogP contribution in [0.1, 0.15) is 10.4 Å². The van der Waals surface area contributed by atoms with Crippen molar-refractivity contribution in [2.45, 2.75) is 0 Å². The molecule has 124 valence electrons. The Kier molecular flexibility index (Phi) is 5.57. The smallest absolute Gasteiger partial charge is 0.260 e. The monoisotopic (exact) mass is 335 g/mol. The average Bonchev–Trinajstić information content (AvgIpc) is 2.63. The lowest BCUT2D eigenvalue weighted by molar-refractivity contribution is -0.576. The summed E-state index contributed by atoms with van der Waals surface area (Å²) in [7, 11) is 3.79. The lowest BCUT2D eigenvalue weighted by Gasteiger charge is -2.10. The van der Waals surface area contributed by atoms with Crippen LogP contribution in [0.25, 0.3) is 5.70 Å². The van der Waals surface area contributed by atoms with Gasteiger partial charge < -0.3 is 4.90 Å². The Morgan fingerprint density at radius 2 is 1.80 bits per heavy atom. The van der Waals surface area contributed by atoms with Crippen molar-refractivity contribution in [3.05, 3.63) is 71.8 Å². The Labute approximate surface area is 145 Å². The average molecular weight is 335 g/mol. The van der Waals surface area contributed by atoms with Crippen LogP contribution in [0.15, 0.2) is 60.4 Å². The zero-order chi connectivity index (χ0) is 18.4. The van der Waals surface area contributed by atoms with E-state index in [4.69, 9.17) is 10.7 Å². The summed E-state index contributed by atoms with van der Waals surface area (Å²) in [6.45, 7) is 0. The van der Waals surface area contributed by atoms with E-state index in [0.717, 1.165) is 5.69 Å². The molecule has 0 spiro atoms. The van der Waals surface area contributed by atoms with Crippen molar-refractivity contribution in [2.75, 3.05) is 19.0 Å². The van der Waals surface area contributed by atoms with E-state index in [1.54, 1.807) is 23.0 Å². The minimum atomic E-state index is -0.442. The number of rotatable bonds is 5. The van der Waals surface area contributed by atoms with Crippen LogP contribution in [0.2, 0.25) is 0 Å². The lowest BCUT2D eigenvalue weighted by Crippen LogP contribution is -2.36. The standard InChI is InChI=1S/C19H16FN4O/c1-23(2)17-7-9-24(10-8-17)18(11-14(12-21)13-22)19(25)15-3-5-16(20)6-4-15/h3-11,21H,1-2H3/q+1. The summed E-state index contributed by atoms with van der Waals surface area (Å²) in [5.41, 5.74) is 1.29. The molecule has 0 aliphatic heterocycles. The summed E-state index contributed by atoms with van der Waals surface area (Å²) in [5, 5.41) is 16.2. The Morgan fingerprint density at radius 1 is 1.20 bits per heavy atom. The number of benzene rings is 1. The Bertz CT molecular complexity index is 900. The number of hydrogen-bond acceptors (Lipinski definition) is 4. The number of Topliss-reactive ketones (excluding diaryl/α,β-unsaturated/α-hetero) is 1. The number of carbonyl (C=O) groups excluding carboxylic acids is 1. The van der Waals surface area contributed by atoms with Gasteiger partial charge in [-0.15, -0.1) is 0 Å². The first-order chi connectivity index (χ1) is 12.0. The van der Waals surface area contributed by atoms with E-state index in [0.29, 0.717) is 0 Å². The van der Waals surface area contributed by atoms with Crippen molar-refractivity contribution in [3.8, 4) is 6.07 Å². The highest BCUT2D eigenvalue weighted by Gasteiger charge is 2.22. The van der Waals surface area contributed by atoms with Crippen LogP contribution in [-0.2, 0) is 0 Å². The van der Waals surface area contributed by atoms with Crippen LogP contribution in [0.4, 0.5) is 10.1 Å². The molecule has 6 heteroatoms. The van der Waals surface area contributed by atoms with Gasteiger partial charge in [-0.2, -0.15) is 9.83 Å². The number of nitriles is 1. The van der Waals surface area contributed by atoms with E-state index in [9.17, 15) is 9.18 Å². The van der Waals surface area contributed by atoms with Gasteiger partial charge in [-0.05, 0) is 30.1 Å². The van der Waals surface area contributed by atoms with Crippen molar-refractivity contribution < 1.29 is 13.8 Å². The van der Waals surface area contributed by atoms with E-state index in [1.807, 2.05) is 37.0 Å². The third kappa shape index (κ3) is 4.25. The number of anilines is 1. The highest BCUT2D eigenvalue weighted by molar-refractivity contribution is 6.22. The minimum absolute atomic E-state index is 0.0883. The molecule has 1 heterocycles. The molecule has 0 unspecified atom stereocenters. The molecular weight excluding hydrogens is 319 g/mol. The number of carbonyl (C=O) groups is 1. The Balaban J connectivity index is 2.54. The van der Waals surface area contributed by atoms with Crippen molar-refractivity contribution in [1.82, 2.24) is 0 Å². The van der Waals surface area contributed by atoms with E-state index >= 15 is 0 Å². The van der Waals surface area contributed by atoms with Gasteiger partial charge in [-0.25, -0.2) is 4.39 Å². The first kappa shape index (κ1) is 17.8. The quantitative estimate of drug-likeness (QED) is 0.228. The number of aromatic nitrogens is 1. The largest absolute Gasteiger partial charge is 0.377 e. The molecule has 0 saturated heterocycles. The maximum absolute atomic E-state index is 13.1. The number of allylic oxidation sites excluding steroid dienone is 3. The fourth-order valence-corrected chi connectivity index (χ4v) is 2.12. The predicted molar refractivity (Wildman–Crippen MR) is 92.8 cm³/mol. The molecule has 5 nitrogen and oxygen atoms in total. The number of nitrogens with zero attached hydrogens (tertiary/aromatic N) is 3. The SMILES string of the molecule is CN(C)c1cc[n+](C(=CC(=C=N)C#N)C(=O)c2ccc(F)cc2)cc1. The molecular formula is C19H16FN4O+. The van der Waals surface area contributed by atoms with Gasteiger partial charge in [0, 0.05) is 43.6 Å². The van der Waals surface area contributed by atoms with Crippen molar-refractivity contribution >= 4 is 23.0 Å². The molecule has 2 aromatic rings. The number of halogens is 1. The molecule has 0 bridgehead atoms. The molecule has 0 atom stereocenters. The number of pyridine rings is 1. The fraction of sp³-hybridized carbons (Fsp3) is 0.105. The highest BCUT2D eigenvalue weighted by atomic mass is 19.1. The van der Waals surface area contributed by atoms with Crippen LogP contribution in [-0.4, -0.2) is 25.7 Å². The molecule has 0 aliphatic rings. The second-order valence-electron chi connectivity index (χ2n) is 5.37. The molecule has 25 heavy (non-hydrogen) atoms. The summed E-state index contributed by atoms with van der Waals surface area (Å²) < 4.78 is 14.6. The van der Waals surface area contributed by atoms with Gasteiger partial charge in [0.1, 0.15) is 17.5 Å². The zero-order valence-corrected chi connectivity index (χ0v) is 13.8. The molecule has 2 rings (SSSR count). The highest BCUT2D eigenvalue weighted by Crippen LogP contribution is 2.13. The molecule has 1 N–H and O–H groups in total. The topological polar surface area (TPSA) is 71.8 Å². The summed E-state index contributed by atoms with van der Waals surface area (Å²) in [6, 6.07) is 10.6.